The van der Waals surface area contributed by atoms with Crippen molar-refractivity contribution in [3.8, 4) is 17.7 Å². The van der Waals surface area contributed by atoms with Crippen molar-refractivity contribution in [3.05, 3.63) is 45.1 Å². The smallest absolute Gasteiger partial charge is 0.257 e. The van der Waals surface area contributed by atoms with Crippen LogP contribution in [0.25, 0.3) is 0 Å². The van der Waals surface area contributed by atoms with Crippen molar-refractivity contribution in [2.24, 2.45) is 0 Å². The van der Waals surface area contributed by atoms with Gasteiger partial charge in [0, 0.05) is 4.47 Å². The lowest BCUT2D eigenvalue weighted by Gasteiger charge is -2.10. The summed E-state index contributed by atoms with van der Waals surface area (Å²) in [6.45, 7) is 3.36. The molecule has 2 aromatic rings. The Morgan fingerprint density at radius 2 is 1.95 bits per heavy atom. The van der Waals surface area contributed by atoms with Gasteiger partial charge in [0.05, 0.1) is 5.69 Å². The summed E-state index contributed by atoms with van der Waals surface area (Å²) in [5, 5.41) is 16.6. The van der Waals surface area contributed by atoms with E-state index in [0.717, 1.165) is 6.07 Å². The highest BCUT2D eigenvalue weighted by Gasteiger charge is 2.17. The number of nitriles is 1. The molecule has 102 valence electrons. The SMILES string of the molecule is Cc1nnc(Oc2cc(Br)cc(F)c2F)c(C#N)c1C. The number of hydrogen-bond acceptors (Lipinski definition) is 4. The van der Waals surface area contributed by atoms with E-state index in [2.05, 4.69) is 26.1 Å². The number of aryl methyl sites for hydroxylation is 1. The Kier molecular flexibility index (Phi) is 3.95. The first kappa shape index (κ1) is 14.3. The van der Waals surface area contributed by atoms with Gasteiger partial charge in [-0.2, -0.15) is 14.8 Å². The highest BCUT2D eigenvalue weighted by Crippen LogP contribution is 2.31. The van der Waals surface area contributed by atoms with E-state index in [0.29, 0.717) is 15.7 Å². The Balaban J connectivity index is 2.51. The maximum Gasteiger partial charge on any atom is 0.257 e. The number of benzene rings is 1. The molecule has 0 aliphatic rings. The minimum Gasteiger partial charge on any atom is -0.433 e. The first-order valence-electron chi connectivity index (χ1n) is 5.50. The molecule has 7 heteroatoms. The minimum atomic E-state index is -1.16. The van der Waals surface area contributed by atoms with Gasteiger partial charge in [0.15, 0.2) is 11.6 Å². The molecule has 0 N–H and O–H groups in total. The molecule has 0 bridgehead atoms. The van der Waals surface area contributed by atoms with Gasteiger partial charge in [-0.3, -0.25) is 0 Å². The maximum atomic E-state index is 13.6. The van der Waals surface area contributed by atoms with Crippen LogP contribution in [0.3, 0.4) is 0 Å². The first-order valence-corrected chi connectivity index (χ1v) is 6.29. The molecule has 0 aliphatic carbocycles. The van der Waals surface area contributed by atoms with Gasteiger partial charge in [-0.05, 0) is 31.5 Å². The summed E-state index contributed by atoms with van der Waals surface area (Å²) in [4.78, 5) is 0. The fraction of sp³-hybridized carbons (Fsp3) is 0.154. The number of aromatic nitrogens is 2. The number of halogens is 3. The third-order valence-electron chi connectivity index (χ3n) is 2.70. The molecule has 2 rings (SSSR count). The van der Waals surface area contributed by atoms with Crippen LogP contribution in [0.5, 0.6) is 11.6 Å². The predicted molar refractivity (Wildman–Crippen MR) is 70.4 cm³/mol. The fourth-order valence-electron chi connectivity index (χ4n) is 1.50. The summed E-state index contributed by atoms with van der Waals surface area (Å²) in [5.41, 5.74) is 1.28. The van der Waals surface area contributed by atoms with Crippen LogP contribution in [0, 0.1) is 36.8 Å². The van der Waals surface area contributed by atoms with Crippen LogP contribution in [-0.4, -0.2) is 10.2 Å². The Morgan fingerprint density at radius 1 is 1.25 bits per heavy atom. The van der Waals surface area contributed by atoms with Crippen molar-refractivity contribution in [1.29, 1.82) is 5.26 Å². The van der Waals surface area contributed by atoms with Crippen molar-refractivity contribution >= 4 is 15.9 Å². The number of nitrogens with zero attached hydrogens (tertiary/aromatic N) is 3. The lowest BCUT2D eigenvalue weighted by molar-refractivity contribution is 0.399. The van der Waals surface area contributed by atoms with Crippen molar-refractivity contribution in [3.63, 3.8) is 0 Å². The summed E-state index contributed by atoms with van der Waals surface area (Å²) in [6.07, 6.45) is 0. The molecule has 1 aromatic heterocycles. The molecule has 0 spiro atoms. The highest BCUT2D eigenvalue weighted by atomic mass is 79.9. The standard InChI is InChI=1S/C13H8BrF2N3O/c1-6-7(2)18-19-13(9(6)5-17)20-11-4-8(14)3-10(15)12(11)16/h3-4H,1-2H3. The Morgan fingerprint density at radius 3 is 2.60 bits per heavy atom. The molecule has 0 radical (unpaired) electrons. The lowest BCUT2D eigenvalue weighted by Crippen LogP contribution is -2.02. The van der Waals surface area contributed by atoms with Crippen LogP contribution in [0.2, 0.25) is 0 Å². The third kappa shape index (κ3) is 2.60. The van der Waals surface area contributed by atoms with Crippen molar-refractivity contribution < 1.29 is 13.5 Å². The molecule has 0 atom stereocenters. The van der Waals surface area contributed by atoms with E-state index in [-0.39, 0.29) is 17.2 Å². The van der Waals surface area contributed by atoms with Crippen LogP contribution < -0.4 is 4.74 Å². The van der Waals surface area contributed by atoms with Crippen molar-refractivity contribution in [1.82, 2.24) is 10.2 Å². The quantitative estimate of drug-likeness (QED) is 0.781. The molecule has 20 heavy (non-hydrogen) atoms. The molecule has 0 saturated heterocycles. The molecule has 0 fully saturated rings. The van der Waals surface area contributed by atoms with Gasteiger partial charge in [-0.1, -0.05) is 15.9 Å². The molecule has 0 amide bonds. The van der Waals surface area contributed by atoms with Gasteiger partial charge >= 0.3 is 0 Å². The van der Waals surface area contributed by atoms with Crippen molar-refractivity contribution in [2.75, 3.05) is 0 Å². The maximum absolute atomic E-state index is 13.6. The summed E-state index contributed by atoms with van der Waals surface area (Å²) in [5.74, 6) is -2.75. The Hall–Kier alpha value is -2.07. The Bertz CT molecular complexity index is 729. The van der Waals surface area contributed by atoms with E-state index < -0.39 is 11.6 Å². The van der Waals surface area contributed by atoms with E-state index in [1.54, 1.807) is 13.8 Å². The lowest BCUT2D eigenvalue weighted by atomic mass is 10.1. The van der Waals surface area contributed by atoms with Gasteiger partial charge in [0.2, 0.25) is 5.82 Å². The average molecular weight is 340 g/mol. The molecular weight excluding hydrogens is 332 g/mol. The van der Waals surface area contributed by atoms with E-state index in [4.69, 9.17) is 10.00 Å². The molecule has 0 aliphatic heterocycles. The monoisotopic (exact) mass is 339 g/mol. The average Bonchev–Trinajstić information content (AvgIpc) is 2.40. The molecule has 0 saturated carbocycles. The topological polar surface area (TPSA) is 58.8 Å². The summed E-state index contributed by atoms with van der Waals surface area (Å²) in [7, 11) is 0. The summed E-state index contributed by atoms with van der Waals surface area (Å²) < 4.78 is 32.4. The van der Waals surface area contributed by atoms with E-state index in [1.807, 2.05) is 6.07 Å². The zero-order chi connectivity index (χ0) is 14.9. The van der Waals surface area contributed by atoms with Gasteiger partial charge in [0.25, 0.3) is 5.88 Å². The number of rotatable bonds is 2. The second-order valence-corrected chi connectivity index (χ2v) is 4.92. The number of hydrogen-bond donors (Lipinski definition) is 0. The molecule has 4 nitrogen and oxygen atoms in total. The highest BCUT2D eigenvalue weighted by molar-refractivity contribution is 9.10. The second kappa shape index (κ2) is 5.51. The largest absolute Gasteiger partial charge is 0.433 e. The van der Waals surface area contributed by atoms with Crippen LogP contribution in [0.1, 0.15) is 16.8 Å². The zero-order valence-corrected chi connectivity index (χ0v) is 12.1. The van der Waals surface area contributed by atoms with Gasteiger partial charge in [-0.25, -0.2) is 4.39 Å². The third-order valence-corrected chi connectivity index (χ3v) is 3.16. The van der Waals surface area contributed by atoms with Crippen LogP contribution in [0.4, 0.5) is 8.78 Å². The first-order chi connectivity index (χ1) is 9.43. The second-order valence-electron chi connectivity index (χ2n) is 4.00. The molecule has 1 heterocycles. The van der Waals surface area contributed by atoms with Crippen LogP contribution in [-0.2, 0) is 0 Å². The fourth-order valence-corrected chi connectivity index (χ4v) is 1.91. The van der Waals surface area contributed by atoms with E-state index >= 15 is 0 Å². The van der Waals surface area contributed by atoms with Gasteiger partial charge in [0.1, 0.15) is 11.6 Å². The van der Waals surface area contributed by atoms with Gasteiger partial charge in [-0.15, -0.1) is 5.10 Å². The molecule has 1 aromatic carbocycles. The minimum absolute atomic E-state index is 0.136. The summed E-state index contributed by atoms with van der Waals surface area (Å²) >= 11 is 3.03. The summed E-state index contributed by atoms with van der Waals surface area (Å²) in [6, 6.07) is 4.14. The predicted octanol–water partition coefficient (Wildman–Crippen LogP) is 3.80. The normalized spacial score (nSPS) is 10.2. The Labute approximate surface area is 122 Å². The zero-order valence-electron chi connectivity index (χ0n) is 10.5. The van der Waals surface area contributed by atoms with Crippen LogP contribution >= 0.6 is 15.9 Å². The van der Waals surface area contributed by atoms with Crippen molar-refractivity contribution in [2.45, 2.75) is 13.8 Å². The van der Waals surface area contributed by atoms with E-state index in [9.17, 15) is 8.78 Å². The van der Waals surface area contributed by atoms with Crippen LogP contribution in [0.15, 0.2) is 16.6 Å². The number of ether oxygens (including phenoxy) is 1. The molecular formula is C13H8BrF2N3O. The van der Waals surface area contributed by atoms with Gasteiger partial charge < -0.3 is 4.74 Å². The van der Waals surface area contributed by atoms with E-state index in [1.165, 1.54) is 6.07 Å². The molecule has 0 unspecified atom stereocenters.